The van der Waals surface area contributed by atoms with Crippen molar-refractivity contribution in [2.75, 3.05) is 5.32 Å². The van der Waals surface area contributed by atoms with Crippen molar-refractivity contribution in [1.29, 1.82) is 0 Å². The third-order valence-corrected chi connectivity index (χ3v) is 7.94. The first kappa shape index (κ1) is 30.2. The molecule has 4 nitrogen and oxygen atoms in total. The molecule has 4 rings (SSSR count). The lowest BCUT2D eigenvalue weighted by Gasteiger charge is -2.11. The molecule has 0 aliphatic heterocycles. The summed E-state index contributed by atoms with van der Waals surface area (Å²) in [6, 6.07) is 9.25. The standard InChI is InChI=1S/C27H16Cl4F5NO3/c28-16-4-3-13(37-26(40)23-22(27(23,30)31)11-1-6-19(33)17(29)7-11)9-14(16)20(38)10-15-18(32)5-2-12(24(15)34)8-21(39)25(35)36/h1-7,9,22-23,25H,8,10H2,(H,37,40)/t22-,23+/m0/s1. The number of benzene rings is 3. The lowest BCUT2D eigenvalue weighted by Crippen LogP contribution is -2.18. The zero-order valence-corrected chi connectivity index (χ0v) is 22.9. The van der Waals surface area contributed by atoms with Gasteiger partial charge in [0.2, 0.25) is 11.7 Å². The molecule has 0 spiro atoms. The minimum Gasteiger partial charge on any atom is -0.326 e. The van der Waals surface area contributed by atoms with Crippen LogP contribution in [0.15, 0.2) is 48.5 Å². The minimum atomic E-state index is -3.34. The van der Waals surface area contributed by atoms with Gasteiger partial charge in [-0.2, -0.15) is 0 Å². The largest absolute Gasteiger partial charge is 0.326 e. The third kappa shape index (κ3) is 6.12. The Labute approximate surface area is 244 Å². The van der Waals surface area contributed by atoms with E-state index >= 15 is 0 Å². The van der Waals surface area contributed by atoms with Crippen LogP contribution < -0.4 is 5.32 Å². The Kier molecular flexibility index (Phi) is 8.80. The highest BCUT2D eigenvalue weighted by Gasteiger charge is 2.67. The molecule has 3 aromatic carbocycles. The summed E-state index contributed by atoms with van der Waals surface area (Å²) in [5.41, 5.74) is -0.906. The van der Waals surface area contributed by atoms with Gasteiger partial charge in [-0.3, -0.25) is 14.4 Å². The highest BCUT2D eigenvalue weighted by molar-refractivity contribution is 6.53. The SMILES string of the molecule is O=C(Cc1c(F)ccc(CC(=O)C(F)F)c1F)c1cc(NC(=O)[C@H]2[C@H](c3ccc(F)c(Cl)c3)C2(Cl)Cl)ccc1Cl. The molecular formula is C27H16Cl4F5NO3. The van der Waals surface area contributed by atoms with E-state index in [1.54, 1.807) is 0 Å². The molecule has 1 fully saturated rings. The lowest BCUT2D eigenvalue weighted by atomic mass is 9.98. The molecule has 1 amide bonds. The van der Waals surface area contributed by atoms with E-state index in [9.17, 15) is 36.3 Å². The van der Waals surface area contributed by atoms with Gasteiger partial charge in [0.15, 0.2) is 5.78 Å². The van der Waals surface area contributed by atoms with Crippen LogP contribution in [0.2, 0.25) is 10.0 Å². The van der Waals surface area contributed by atoms with Gasteiger partial charge < -0.3 is 5.32 Å². The average Bonchev–Trinajstić information content (AvgIpc) is 3.47. The predicted octanol–water partition coefficient (Wildman–Crippen LogP) is 7.74. The maximum atomic E-state index is 14.8. The van der Waals surface area contributed by atoms with E-state index in [2.05, 4.69) is 5.32 Å². The molecule has 0 unspecified atom stereocenters. The zero-order valence-electron chi connectivity index (χ0n) is 19.9. The Morgan fingerprint density at radius 1 is 0.875 bits per heavy atom. The summed E-state index contributed by atoms with van der Waals surface area (Å²) in [4.78, 5) is 37.3. The van der Waals surface area contributed by atoms with Crippen molar-refractivity contribution in [2.45, 2.75) is 29.5 Å². The lowest BCUT2D eigenvalue weighted by molar-refractivity contribution is -0.128. The van der Waals surface area contributed by atoms with E-state index in [1.807, 2.05) is 0 Å². The van der Waals surface area contributed by atoms with Crippen LogP contribution in [0.5, 0.6) is 0 Å². The number of rotatable bonds is 9. The number of ketones is 2. The van der Waals surface area contributed by atoms with Crippen molar-refractivity contribution in [3.8, 4) is 0 Å². The Morgan fingerprint density at radius 2 is 1.55 bits per heavy atom. The minimum absolute atomic E-state index is 0.0851. The zero-order chi connectivity index (χ0) is 29.5. The number of amides is 1. The molecule has 40 heavy (non-hydrogen) atoms. The molecule has 0 bridgehead atoms. The van der Waals surface area contributed by atoms with Gasteiger partial charge in [-0.15, -0.1) is 23.2 Å². The number of halogens is 9. The predicted molar refractivity (Wildman–Crippen MR) is 141 cm³/mol. The number of hydrogen-bond donors (Lipinski definition) is 1. The van der Waals surface area contributed by atoms with Crippen LogP contribution in [-0.2, 0) is 22.4 Å². The first-order valence-electron chi connectivity index (χ1n) is 11.4. The molecule has 0 saturated heterocycles. The van der Waals surface area contributed by atoms with Crippen molar-refractivity contribution in [3.63, 3.8) is 0 Å². The third-order valence-electron chi connectivity index (χ3n) is 6.38. The van der Waals surface area contributed by atoms with E-state index in [0.717, 1.165) is 18.2 Å². The molecule has 13 heteroatoms. The molecule has 0 radical (unpaired) electrons. The average molecular weight is 639 g/mol. The molecular weight excluding hydrogens is 623 g/mol. The number of anilines is 1. The molecule has 1 N–H and O–H groups in total. The van der Waals surface area contributed by atoms with E-state index in [1.165, 1.54) is 30.3 Å². The molecule has 0 aromatic heterocycles. The van der Waals surface area contributed by atoms with Crippen molar-refractivity contribution in [1.82, 2.24) is 0 Å². The number of carbonyl (C=O) groups is 3. The molecule has 210 valence electrons. The number of Topliss-reactive ketones (excluding diaryl/α,β-unsaturated/α-hetero) is 2. The molecule has 0 heterocycles. The second-order valence-corrected chi connectivity index (χ2v) is 11.3. The normalized spacial score (nSPS) is 17.6. The fraction of sp³-hybridized carbons (Fsp3) is 0.222. The summed E-state index contributed by atoms with van der Waals surface area (Å²) in [6.07, 6.45) is -5.18. The van der Waals surface area contributed by atoms with Crippen LogP contribution in [0, 0.1) is 23.4 Å². The summed E-state index contributed by atoms with van der Waals surface area (Å²) in [7, 11) is 0. The van der Waals surface area contributed by atoms with Crippen LogP contribution in [0.3, 0.4) is 0 Å². The fourth-order valence-corrected chi connectivity index (χ4v) is 5.52. The Bertz CT molecular complexity index is 1530. The summed E-state index contributed by atoms with van der Waals surface area (Å²) in [5.74, 6) is -7.81. The van der Waals surface area contributed by atoms with E-state index in [4.69, 9.17) is 46.4 Å². The molecule has 2 atom stereocenters. The second kappa shape index (κ2) is 11.6. The monoisotopic (exact) mass is 637 g/mol. The van der Waals surface area contributed by atoms with Gasteiger partial charge in [-0.05, 0) is 47.5 Å². The van der Waals surface area contributed by atoms with Crippen LogP contribution >= 0.6 is 46.4 Å². The summed E-state index contributed by atoms with van der Waals surface area (Å²) in [5, 5.41) is 2.28. The van der Waals surface area contributed by atoms with E-state index in [0.29, 0.717) is 5.56 Å². The second-order valence-electron chi connectivity index (χ2n) is 9.03. The van der Waals surface area contributed by atoms with Gasteiger partial charge in [0.25, 0.3) is 6.43 Å². The van der Waals surface area contributed by atoms with Crippen LogP contribution in [-0.4, -0.2) is 28.2 Å². The summed E-state index contributed by atoms with van der Waals surface area (Å²) in [6.45, 7) is 0. The van der Waals surface area contributed by atoms with Gasteiger partial charge in [0, 0.05) is 35.6 Å². The molecule has 1 aliphatic rings. The quantitative estimate of drug-likeness (QED) is 0.148. The first-order chi connectivity index (χ1) is 18.7. The summed E-state index contributed by atoms with van der Waals surface area (Å²) < 4.78 is 66.4. The van der Waals surface area contributed by atoms with Crippen LogP contribution in [0.4, 0.5) is 27.6 Å². The van der Waals surface area contributed by atoms with Gasteiger partial charge in [0.1, 0.15) is 21.8 Å². The van der Waals surface area contributed by atoms with Crippen molar-refractivity contribution in [2.24, 2.45) is 5.92 Å². The van der Waals surface area contributed by atoms with Gasteiger partial charge in [0.05, 0.1) is 16.0 Å². The maximum Gasteiger partial charge on any atom is 0.296 e. The first-order valence-corrected chi connectivity index (χ1v) is 13.0. The topological polar surface area (TPSA) is 63.2 Å². The van der Waals surface area contributed by atoms with Gasteiger partial charge in [-0.1, -0.05) is 35.3 Å². The highest BCUT2D eigenvalue weighted by atomic mass is 35.5. The van der Waals surface area contributed by atoms with Crippen LogP contribution in [0.25, 0.3) is 0 Å². The maximum absolute atomic E-state index is 14.8. The van der Waals surface area contributed by atoms with Crippen LogP contribution in [0.1, 0.15) is 33.0 Å². The fourth-order valence-electron chi connectivity index (χ4n) is 4.28. The number of carbonyl (C=O) groups excluding carboxylic acids is 3. The number of alkyl halides is 4. The Hall–Kier alpha value is -2.72. The molecule has 3 aromatic rings. The van der Waals surface area contributed by atoms with E-state index < -0.39 is 81.5 Å². The number of nitrogens with one attached hydrogen (secondary N) is 1. The Morgan fingerprint density at radius 3 is 2.20 bits per heavy atom. The van der Waals surface area contributed by atoms with Crippen molar-refractivity contribution in [3.05, 3.63) is 98.3 Å². The molecule has 1 saturated carbocycles. The van der Waals surface area contributed by atoms with Crippen molar-refractivity contribution < 1.29 is 36.3 Å². The van der Waals surface area contributed by atoms with E-state index in [-0.39, 0.29) is 21.3 Å². The van der Waals surface area contributed by atoms with Crippen molar-refractivity contribution >= 4 is 69.6 Å². The van der Waals surface area contributed by atoms with Gasteiger partial charge in [-0.25, -0.2) is 22.0 Å². The highest BCUT2D eigenvalue weighted by Crippen LogP contribution is 2.65. The summed E-state index contributed by atoms with van der Waals surface area (Å²) >= 11 is 24.6. The Balaban J connectivity index is 1.52. The molecule has 1 aliphatic carbocycles. The smallest absolute Gasteiger partial charge is 0.296 e. The number of hydrogen-bond acceptors (Lipinski definition) is 3. The van der Waals surface area contributed by atoms with Gasteiger partial charge >= 0.3 is 0 Å².